The van der Waals surface area contributed by atoms with Crippen LogP contribution in [0.1, 0.15) is 23.2 Å². The maximum Gasteiger partial charge on any atom is 0.347 e. The van der Waals surface area contributed by atoms with Crippen molar-refractivity contribution in [2.75, 3.05) is 6.54 Å². The maximum atomic E-state index is 11.5. The molecule has 84 valence electrons. The Morgan fingerprint density at radius 2 is 2.38 bits per heavy atom. The van der Waals surface area contributed by atoms with Gasteiger partial charge >= 0.3 is 11.9 Å². The minimum Gasteiger partial charge on any atom is -0.388 e. The van der Waals surface area contributed by atoms with Gasteiger partial charge in [-0.05, 0) is 31.5 Å². The fourth-order valence-corrected chi connectivity index (χ4v) is 1.59. The first-order chi connectivity index (χ1) is 7.77. The number of hydrogen-bond acceptors (Lipinski definition) is 5. The van der Waals surface area contributed by atoms with Gasteiger partial charge in [0.15, 0.2) is 0 Å². The average molecular weight is 220 g/mol. The van der Waals surface area contributed by atoms with Gasteiger partial charge in [0, 0.05) is 12.4 Å². The van der Waals surface area contributed by atoms with Crippen LogP contribution >= 0.6 is 0 Å². The minimum atomic E-state index is -0.646. The van der Waals surface area contributed by atoms with E-state index in [4.69, 9.17) is 4.74 Å². The van der Waals surface area contributed by atoms with Crippen LogP contribution in [0.3, 0.4) is 0 Å². The third kappa shape index (κ3) is 2.43. The highest BCUT2D eigenvalue weighted by molar-refractivity contribution is 5.97. The molecule has 0 spiro atoms. The molecule has 1 N–H and O–H groups in total. The second kappa shape index (κ2) is 4.85. The molecular formula is C11H12N2O3. The van der Waals surface area contributed by atoms with Gasteiger partial charge in [0.05, 0.1) is 5.56 Å². The van der Waals surface area contributed by atoms with E-state index in [1.165, 1.54) is 6.20 Å². The molecule has 1 aromatic rings. The average Bonchev–Trinajstić information content (AvgIpc) is 2.83. The molecule has 0 bridgehead atoms. The van der Waals surface area contributed by atoms with Crippen LogP contribution in [0.5, 0.6) is 0 Å². The van der Waals surface area contributed by atoms with Crippen LogP contribution in [0, 0.1) is 0 Å². The summed E-state index contributed by atoms with van der Waals surface area (Å²) in [6.45, 7) is 0.793. The molecule has 2 heterocycles. The van der Waals surface area contributed by atoms with Gasteiger partial charge in [0.2, 0.25) is 0 Å². The van der Waals surface area contributed by atoms with Crippen LogP contribution in [0.25, 0.3) is 0 Å². The monoisotopic (exact) mass is 220 g/mol. The summed E-state index contributed by atoms with van der Waals surface area (Å²) in [5, 5.41) is 2.97. The quantitative estimate of drug-likeness (QED) is 0.581. The van der Waals surface area contributed by atoms with Gasteiger partial charge in [0.1, 0.15) is 6.04 Å². The first-order valence-corrected chi connectivity index (χ1v) is 5.17. The zero-order valence-corrected chi connectivity index (χ0v) is 8.68. The number of rotatable bonds is 2. The van der Waals surface area contributed by atoms with Crippen molar-refractivity contribution in [1.29, 1.82) is 0 Å². The summed E-state index contributed by atoms with van der Waals surface area (Å²) in [7, 11) is 0. The summed E-state index contributed by atoms with van der Waals surface area (Å²) >= 11 is 0. The Hall–Kier alpha value is -1.75. The number of carbonyl (C=O) groups excluding carboxylic acids is 2. The largest absolute Gasteiger partial charge is 0.388 e. The van der Waals surface area contributed by atoms with Crippen molar-refractivity contribution in [3.63, 3.8) is 0 Å². The number of pyridine rings is 1. The second-order valence-corrected chi connectivity index (χ2v) is 3.60. The number of aromatic nitrogens is 1. The molecule has 1 aliphatic rings. The van der Waals surface area contributed by atoms with Gasteiger partial charge in [-0.15, -0.1) is 0 Å². The summed E-state index contributed by atoms with van der Waals surface area (Å²) in [4.78, 5) is 26.8. The van der Waals surface area contributed by atoms with Crippen molar-refractivity contribution in [3.8, 4) is 0 Å². The lowest BCUT2D eigenvalue weighted by Crippen LogP contribution is -2.33. The van der Waals surface area contributed by atoms with Crippen molar-refractivity contribution in [2.45, 2.75) is 18.9 Å². The Morgan fingerprint density at radius 1 is 1.50 bits per heavy atom. The lowest BCUT2D eigenvalue weighted by Gasteiger charge is -2.08. The van der Waals surface area contributed by atoms with Gasteiger partial charge < -0.3 is 10.1 Å². The Balaban J connectivity index is 1.94. The summed E-state index contributed by atoms with van der Waals surface area (Å²) in [5.74, 6) is -1.15. The molecule has 16 heavy (non-hydrogen) atoms. The summed E-state index contributed by atoms with van der Waals surface area (Å²) in [6.07, 6.45) is 4.58. The lowest BCUT2D eigenvalue weighted by atomic mass is 10.2. The molecule has 1 atom stereocenters. The lowest BCUT2D eigenvalue weighted by molar-refractivity contribution is -0.139. The molecule has 5 heteroatoms. The van der Waals surface area contributed by atoms with E-state index in [1.807, 2.05) is 0 Å². The highest BCUT2D eigenvalue weighted by Crippen LogP contribution is 2.08. The standard InChI is InChI=1S/C11H12N2O3/c14-10(8-3-1-5-12-7-8)16-11(15)9-4-2-6-13-9/h1,3,5,7,9,13H,2,4,6H2/t9-/m0/s1. The molecule has 0 unspecified atom stereocenters. The summed E-state index contributed by atoms with van der Waals surface area (Å²) in [6, 6.07) is 2.83. The molecule has 0 aromatic carbocycles. The zero-order valence-electron chi connectivity index (χ0n) is 8.68. The first-order valence-electron chi connectivity index (χ1n) is 5.17. The van der Waals surface area contributed by atoms with Gasteiger partial charge in [-0.25, -0.2) is 9.59 Å². The fourth-order valence-electron chi connectivity index (χ4n) is 1.59. The fraction of sp³-hybridized carbons (Fsp3) is 0.364. The van der Waals surface area contributed by atoms with Gasteiger partial charge in [0.25, 0.3) is 0 Å². The van der Waals surface area contributed by atoms with Crippen LogP contribution in [-0.4, -0.2) is 29.5 Å². The minimum absolute atomic E-state index is 0.286. The number of esters is 2. The molecule has 5 nitrogen and oxygen atoms in total. The second-order valence-electron chi connectivity index (χ2n) is 3.60. The molecule has 1 aliphatic heterocycles. The van der Waals surface area contributed by atoms with E-state index in [1.54, 1.807) is 18.3 Å². The molecule has 0 saturated carbocycles. The van der Waals surface area contributed by atoms with Crippen LogP contribution in [-0.2, 0) is 9.53 Å². The van der Waals surface area contributed by atoms with Gasteiger partial charge in [-0.1, -0.05) is 0 Å². The van der Waals surface area contributed by atoms with Crippen LogP contribution in [0.4, 0.5) is 0 Å². The number of nitrogens with one attached hydrogen (secondary N) is 1. The smallest absolute Gasteiger partial charge is 0.347 e. The Labute approximate surface area is 92.8 Å². The number of ether oxygens (including phenoxy) is 1. The van der Waals surface area contributed by atoms with Crippen molar-refractivity contribution in [2.24, 2.45) is 0 Å². The van der Waals surface area contributed by atoms with Crippen molar-refractivity contribution >= 4 is 11.9 Å². The highest BCUT2D eigenvalue weighted by atomic mass is 16.6. The van der Waals surface area contributed by atoms with Crippen molar-refractivity contribution < 1.29 is 14.3 Å². The van der Waals surface area contributed by atoms with E-state index in [0.29, 0.717) is 0 Å². The van der Waals surface area contributed by atoms with Crippen LogP contribution in [0.2, 0.25) is 0 Å². The summed E-state index contributed by atoms with van der Waals surface area (Å²) in [5.41, 5.74) is 0.286. The van der Waals surface area contributed by atoms with E-state index in [9.17, 15) is 9.59 Å². The zero-order chi connectivity index (χ0) is 11.4. The molecular weight excluding hydrogens is 208 g/mol. The van der Waals surface area contributed by atoms with Crippen LogP contribution in [0.15, 0.2) is 24.5 Å². The van der Waals surface area contributed by atoms with E-state index in [0.717, 1.165) is 19.4 Å². The van der Waals surface area contributed by atoms with E-state index < -0.39 is 11.9 Å². The Morgan fingerprint density at radius 3 is 3.00 bits per heavy atom. The van der Waals surface area contributed by atoms with E-state index in [-0.39, 0.29) is 11.6 Å². The Bertz CT molecular complexity index is 385. The van der Waals surface area contributed by atoms with E-state index >= 15 is 0 Å². The SMILES string of the molecule is O=C(OC(=O)[C@@H]1CCCN1)c1cccnc1. The highest BCUT2D eigenvalue weighted by Gasteiger charge is 2.25. The predicted octanol–water partition coefficient (Wildman–Crippen LogP) is 0.517. The molecule has 1 fully saturated rings. The molecule has 1 saturated heterocycles. The number of nitrogens with zero attached hydrogens (tertiary/aromatic N) is 1. The maximum absolute atomic E-state index is 11.5. The number of hydrogen-bond donors (Lipinski definition) is 1. The van der Waals surface area contributed by atoms with E-state index in [2.05, 4.69) is 10.3 Å². The topological polar surface area (TPSA) is 68.3 Å². The molecule has 0 radical (unpaired) electrons. The van der Waals surface area contributed by atoms with Crippen LogP contribution < -0.4 is 5.32 Å². The molecule has 1 aromatic heterocycles. The number of carbonyl (C=O) groups is 2. The third-order valence-corrected chi connectivity index (χ3v) is 2.44. The Kier molecular flexibility index (Phi) is 3.26. The third-order valence-electron chi connectivity index (χ3n) is 2.44. The summed E-state index contributed by atoms with van der Waals surface area (Å²) < 4.78 is 4.74. The normalized spacial score (nSPS) is 19.4. The van der Waals surface area contributed by atoms with Crippen molar-refractivity contribution in [1.82, 2.24) is 10.3 Å². The van der Waals surface area contributed by atoms with Gasteiger partial charge in [-0.2, -0.15) is 0 Å². The van der Waals surface area contributed by atoms with Gasteiger partial charge in [-0.3, -0.25) is 4.98 Å². The molecule has 0 amide bonds. The molecule has 0 aliphatic carbocycles. The predicted molar refractivity (Wildman–Crippen MR) is 55.7 cm³/mol. The molecule has 2 rings (SSSR count). The first kappa shape index (κ1) is 10.8. The van der Waals surface area contributed by atoms with Crippen molar-refractivity contribution in [3.05, 3.63) is 30.1 Å².